The topological polar surface area (TPSA) is 55.9 Å². The highest BCUT2D eigenvalue weighted by Gasteiger charge is 2.64. The zero-order valence-corrected chi connectivity index (χ0v) is 18.3. The highest BCUT2D eigenvalue weighted by atomic mass is 35.5. The number of nitrogens with one attached hydrogen (secondary N) is 1. The molecule has 0 aromatic heterocycles. The van der Waals surface area contributed by atoms with Crippen LogP contribution in [0.1, 0.15) is 25.7 Å². The van der Waals surface area contributed by atoms with Gasteiger partial charge in [-0.15, -0.1) is 0 Å². The van der Waals surface area contributed by atoms with E-state index in [2.05, 4.69) is 17.3 Å². The summed E-state index contributed by atoms with van der Waals surface area (Å²) in [6.45, 7) is 3.32. The minimum atomic E-state index is -0.244. The van der Waals surface area contributed by atoms with Crippen LogP contribution in [-0.2, 0) is 4.79 Å². The van der Waals surface area contributed by atoms with E-state index in [-0.39, 0.29) is 22.8 Å². The Bertz CT molecular complexity index is 789. The van der Waals surface area contributed by atoms with Crippen LogP contribution in [0, 0.1) is 16.7 Å². The number of anilines is 1. The van der Waals surface area contributed by atoms with E-state index in [1.807, 2.05) is 31.1 Å². The highest BCUT2D eigenvalue weighted by molar-refractivity contribution is 6.30. The maximum atomic E-state index is 13.1. The predicted octanol–water partition coefficient (Wildman–Crippen LogP) is 3.38. The second-order valence-corrected chi connectivity index (χ2v) is 9.83. The lowest BCUT2D eigenvalue weighted by Crippen LogP contribution is -2.50. The van der Waals surface area contributed by atoms with Crippen molar-refractivity contribution in [1.82, 2.24) is 14.7 Å². The molecule has 0 radical (unpaired) electrons. The van der Waals surface area contributed by atoms with Crippen molar-refractivity contribution in [3.05, 3.63) is 29.3 Å². The summed E-state index contributed by atoms with van der Waals surface area (Å²) in [4.78, 5) is 31.9. The lowest BCUT2D eigenvalue weighted by molar-refractivity contribution is -0.141. The first-order chi connectivity index (χ1) is 13.8. The van der Waals surface area contributed by atoms with E-state index in [1.165, 1.54) is 0 Å². The smallest absolute Gasteiger partial charge is 0.321 e. The summed E-state index contributed by atoms with van der Waals surface area (Å²) in [5.41, 5.74) is 0.688. The summed E-state index contributed by atoms with van der Waals surface area (Å²) in [6, 6.07) is 7.13. The molecule has 1 N–H and O–H groups in total. The fourth-order valence-electron chi connectivity index (χ4n) is 6.08. The van der Waals surface area contributed by atoms with Crippen LogP contribution in [0.3, 0.4) is 0 Å². The number of urea groups is 1. The Hall–Kier alpha value is -1.79. The molecule has 158 valence electrons. The van der Waals surface area contributed by atoms with Gasteiger partial charge in [0.25, 0.3) is 0 Å². The second kappa shape index (κ2) is 7.47. The first kappa shape index (κ1) is 20.5. The van der Waals surface area contributed by atoms with Crippen molar-refractivity contribution >= 4 is 29.2 Å². The van der Waals surface area contributed by atoms with Gasteiger partial charge < -0.3 is 20.0 Å². The molecule has 1 saturated carbocycles. The van der Waals surface area contributed by atoms with Gasteiger partial charge in [-0.3, -0.25) is 4.79 Å². The number of carbonyl (C=O) groups excluding carboxylic acids is 2. The average molecular weight is 419 g/mol. The molecule has 1 aromatic rings. The number of nitrogens with zero attached hydrogens (tertiary/aromatic N) is 3. The third-order valence-electron chi connectivity index (χ3n) is 7.50. The van der Waals surface area contributed by atoms with Gasteiger partial charge in [0.05, 0.1) is 5.41 Å². The second-order valence-electron chi connectivity index (χ2n) is 9.39. The summed E-state index contributed by atoms with van der Waals surface area (Å²) in [5, 5.41) is 3.63. The molecule has 7 heteroatoms. The SMILES string of the molecule is CN1C[C@@H]2C3(CCN(C(=O)Nc4ccc(Cl)cc4)CC3)CC[C@]2(C(=O)N(C)C)C1. The van der Waals surface area contributed by atoms with Crippen molar-refractivity contribution in [3.8, 4) is 0 Å². The predicted molar refractivity (Wildman–Crippen MR) is 115 cm³/mol. The van der Waals surface area contributed by atoms with Gasteiger partial charge in [0.2, 0.25) is 5.91 Å². The van der Waals surface area contributed by atoms with Crippen molar-refractivity contribution in [1.29, 1.82) is 0 Å². The Morgan fingerprint density at radius 3 is 2.38 bits per heavy atom. The number of rotatable bonds is 2. The van der Waals surface area contributed by atoms with Crippen molar-refractivity contribution in [2.75, 3.05) is 52.6 Å². The van der Waals surface area contributed by atoms with E-state index >= 15 is 0 Å². The average Bonchev–Trinajstić information content (AvgIpc) is 3.18. The van der Waals surface area contributed by atoms with Gasteiger partial charge in [-0.1, -0.05) is 11.6 Å². The number of hydrogen-bond donors (Lipinski definition) is 1. The van der Waals surface area contributed by atoms with E-state index in [4.69, 9.17) is 11.6 Å². The van der Waals surface area contributed by atoms with Crippen molar-refractivity contribution in [2.45, 2.75) is 25.7 Å². The quantitative estimate of drug-likeness (QED) is 0.800. The van der Waals surface area contributed by atoms with Gasteiger partial charge in [-0.2, -0.15) is 0 Å². The maximum absolute atomic E-state index is 13.1. The molecular formula is C22H31ClN4O2. The van der Waals surface area contributed by atoms with Crippen LogP contribution >= 0.6 is 11.6 Å². The third-order valence-corrected chi connectivity index (χ3v) is 7.75. The Labute approximate surface area is 178 Å². The molecule has 29 heavy (non-hydrogen) atoms. The lowest BCUT2D eigenvalue weighted by Gasteiger charge is -2.44. The van der Waals surface area contributed by atoms with Crippen molar-refractivity contribution < 1.29 is 9.59 Å². The van der Waals surface area contributed by atoms with Crippen LogP contribution in [0.4, 0.5) is 10.5 Å². The number of piperidine rings is 1. The molecule has 2 heterocycles. The molecule has 1 aliphatic carbocycles. The fraction of sp³-hybridized carbons (Fsp3) is 0.636. The van der Waals surface area contributed by atoms with E-state index in [0.717, 1.165) is 57.5 Å². The highest BCUT2D eigenvalue weighted by Crippen LogP contribution is 2.62. The van der Waals surface area contributed by atoms with Crippen LogP contribution < -0.4 is 5.32 Å². The summed E-state index contributed by atoms with van der Waals surface area (Å²) in [7, 11) is 5.88. The molecule has 3 fully saturated rings. The summed E-state index contributed by atoms with van der Waals surface area (Å²) in [5.74, 6) is 0.669. The third kappa shape index (κ3) is 3.50. The maximum Gasteiger partial charge on any atom is 0.321 e. The lowest BCUT2D eigenvalue weighted by atomic mass is 9.65. The number of hydrogen-bond acceptors (Lipinski definition) is 3. The zero-order chi connectivity index (χ0) is 20.8. The molecule has 2 saturated heterocycles. The number of fused-ring (bicyclic) bond motifs is 2. The molecule has 0 bridgehead atoms. The monoisotopic (exact) mass is 418 g/mol. The first-order valence-electron chi connectivity index (χ1n) is 10.5. The van der Waals surface area contributed by atoms with Crippen LogP contribution in [-0.4, -0.2) is 74.0 Å². The molecule has 6 nitrogen and oxygen atoms in total. The van der Waals surface area contributed by atoms with Crippen LogP contribution in [0.2, 0.25) is 5.02 Å². The van der Waals surface area contributed by atoms with Crippen LogP contribution in [0.15, 0.2) is 24.3 Å². The van der Waals surface area contributed by atoms with E-state index in [0.29, 0.717) is 10.9 Å². The Morgan fingerprint density at radius 2 is 1.76 bits per heavy atom. The van der Waals surface area contributed by atoms with Crippen LogP contribution in [0.25, 0.3) is 0 Å². The number of amides is 3. The van der Waals surface area contributed by atoms with E-state index in [9.17, 15) is 9.59 Å². The van der Waals surface area contributed by atoms with E-state index < -0.39 is 0 Å². The van der Waals surface area contributed by atoms with Gasteiger partial charge in [-0.25, -0.2) is 4.79 Å². The van der Waals surface area contributed by atoms with Crippen molar-refractivity contribution in [3.63, 3.8) is 0 Å². The summed E-state index contributed by atoms with van der Waals surface area (Å²) >= 11 is 5.92. The minimum Gasteiger partial charge on any atom is -0.348 e. The summed E-state index contributed by atoms with van der Waals surface area (Å²) < 4.78 is 0. The van der Waals surface area contributed by atoms with E-state index in [1.54, 1.807) is 17.0 Å². The number of carbonyl (C=O) groups is 2. The number of likely N-dealkylation sites (tertiary alicyclic amines) is 2. The van der Waals surface area contributed by atoms with Crippen LogP contribution in [0.5, 0.6) is 0 Å². The van der Waals surface area contributed by atoms with Gasteiger partial charge in [0.1, 0.15) is 0 Å². The van der Waals surface area contributed by atoms with Gasteiger partial charge in [0, 0.05) is 51.0 Å². The Balaban J connectivity index is 1.44. The molecule has 3 aliphatic rings. The standard InChI is InChI=1S/C22H31ClN4O2/c1-25(2)19(28)22-9-8-21(18(22)14-26(3)15-22)10-12-27(13-11-21)20(29)24-17-6-4-16(23)5-7-17/h4-7,18H,8-15H2,1-3H3,(H,24,29)/t18-,22+/m1/s1. The fourth-order valence-corrected chi connectivity index (χ4v) is 6.21. The van der Waals surface area contributed by atoms with Gasteiger partial charge >= 0.3 is 6.03 Å². The largest absolute Gasteiger partial charge is 0.348 e. The molecule has 4 rings (SSSR count). The molecule has 0 unspecified atom stereocenters. The Morgan fingerprint density at radius 1 is 1.10 bits per heavy atom. The summed E-state index contributed by atoms with van der Waals surface area (Å²) in [6.07, 6.45) is 4.01. The number of benzene rings is 1. The first-order valence-corrected chi connectivity index (χ1v) is 10.9. The molecule has 2 atom stereocenters. The molecule has 3 amide bonds. The normalized spacial score (nSPS) is 28.4. The number of halogens is 1. The molecule has 1 aromatic carbocycles. The minimum absolute atomic E-state index is 0.0562. The molecule has 1 spiro atoms. The van der Waals surface area contributed by atoms with Crippen molar-refractivity contribution in [2.24, 2.45) is 16.7 Å². The molecular weight excluding hydrogens is 388 g/mol. The zero-order valence-electron chi connectivity index (χ0n) is 17.6. The van der Waals surface area contributed by atoms with Gasteiger partial charge in [0.15, 0.2) is 0 Å². The molecule has 2 aliphatic heterocycles. The Kier molecular flexibility index (Phi) is 5.28. The van der Waals surface area contributed by atoms with Gasteiger partial charge in [-0.05, 0) is 68.3 Å².